The fourth-order valence-corrected chi connectivity index (χ4v) is 4.03. The highest BCUT2D eigenvalue weighted by atomic mass is 16.2. The summed E-state index contributed by atoms with van der Waals surface area (Å²) < 4.78 is 0. The Labute approximate surface area is 155 Å². The highest BCUT2D eigenvalue weighted by Gasteiger charge is 2.61. The summed E-state index contributed by atoms with van der Waals surface area (Å²) >= 11 is 0. The molecule has 26 heavy (non-hydrogen) atoms. The Kier molecular flexibility index (Phi) is 5.17. The minimum absolute atomic E-state index is 0.0563. The van der Waals surface area contributed by atoms with Gasteiger partial charge in [-0.15, -0.1) is 0 Å². The third kappa shape index (κ3) is 3.81. The number of aromatic nitrogens is 1. The van der Waals surface area contributed by atoms with Gasteiger partial charge in [0.15, 0.2) is 0 Å². The number of amides is 2. The molecule has 2 fully saturated rings. The number of likely N-dealkylation sites (tertiary alicyclic amines) is 1. The van der Waals surface area contributed by atoms with Crippen LogP contribution in [0.25, 0.3) is 0 Å². The van der Waals surface area contributed by atoms with Crippen molar-refractivity contribution in [3.05, 3.63) is 41.7 Å². The lowest BCUT2D eigenvalue weighted by Gasteiger charge is -2.33. The average Bonchev–Trinajstić information content (AvgIpc) is 3.15. The predicted octanol–water partition coefficient (Wildman–Crippen LogP) is 3.04. The lowest BCUT2D eigenvalue weighted by atomic mass is 10.0. The number of pyridine rings is 1. The monoisotopic (exact) mass is 355 g/mol. The van der Waals surface area contributed by atoms with Crippen LogP contribution in [0, 0.1) is 17.3 Å². The number of piperidine rings is 1. The molecule has 0 unspecified atom stereocenters. The first-order valence-electron chi connectivity index (χ1n) is 9.45. The van der Waals surface area contributed by atoms with Gasteiger partial charge in [0.25, 0.3) is 5.91 Å². The van der Waals surface area contributed by atoms with Gasteiger partial charge in [-0.05, 0) is 50.2 Å². The maximum absolute atomic E-state index is 12.9. The van der Waals surface area contributed by atoms with Gasteiger partial charge in [-0.25, -0.2) is 0 Å². The minimum Gasteiger partial charge on any atom is -0.349 e. The van der Waals surface area contributed by atoms with Gasteiger partial charge in [0.1, 0.15) is 0 Å². The van der Waals surface area contributed by atoms with Crippen molar-refractivity contribution < 1.29 is 9.59 Å². The molecule has 5 nitrogen and oxygen atoms in total. The van der Waals surface area contributed by atoms with E-state index in [0.717, 1.165) is 12.8 Å². The number of nitrogens with zero attached hydrogens (tertiary/aromatic N) is 2. The molecule has 2 aliphatic rings. The number of carbonyl (C=O) groups is 2. The van der Waals surface area contributed by atoms with Crippen LogP contribution in [0.4, 0.5) is 0 Å². The van der Waals surface area contributed by atoms with Crippen molar-refractivity contribution in [1.29, 1.82) is 0 Å². The summed E-state index contributed by atoms with van der Waals surface area (Å²) in [7, 11) is 0. The lowest BCUT2D eigenvalue weighted by molar-refractivity contribution is -0.134. The van der Waals surface area contributed by atoms with Gasteiger partial charge in [-0.1, -0.05) is 25.5 Å². The quantitative estimate of drug-likeness (QED) is 0.845. The van der Waals surface area contributed by atoms with E-state index in [0.29, 0.717) is 24.6 Å². The second-order valence-corrected chi connectivity index (χ2v) is 8.38. The normalized spacial score (nSPS) is 24.7. The Morgan fingerprint density at radius 1 is 1.19 bits per heavy atom. The zero-order valence-corrected chi connectivity index (χ0v) is 16.2. The molecule has 3 rings (SSSR count). The fourth-order valence-electron chi connectivity index (χ4n) is 4.03. The van der Waals surface area contributed by atoms with Crippen LogP contribution in [0.3, 0.4) is 0 Å². The molecule has 2 heterocycles. The summed E-state index contributed by atoms with van der Waals surface area (Å²) in [6, 6.07) is 3.56. The Morgan fingerprint density at radius 3 is 2.38 bits per heavy atom. The lowest BCUT2D eigenvalue weighted by Crippen LogP contribution is -2.47. The van der Waals surface area contributed by atoms with Crippen molar-refractivity contribution in [2.45, 2.75) is 46.6 Å². The first kappa shape index (κ1) is 18.6. The van der Waals surface area contributed by atoms with Gasteiger partial charge in [-0.2, -0.15) is 0 Å². The van der Waals surface area contributed by atoms with Gasteiger partial charge in [0.2, 0.25) is 5.91 Å². The second kappa shape index (κ2) is 7.22. The Morgan fingerprint density at radius 2 is 1.81 bits per heavy atom. The third-order valence-corrected chi connectivity index (χ3v) is 5.77. The average molecular weight is 355 g/mol. The van der Waals surface area contributed by atoms with Crippen molar-refractivity contribution >= 4 is 11.8 Å². The number of carbonyl (C=O) groups excluding carboxylic acids is 2. The molecule has 0 aromatic carbocycles. The summed E-state index contributed by atoms with van der Waals surface area (Å²) in [6.07, 6.45) is 7.10. The van der Waals surface area contributed by atoms with Crippen LogP contribution in [0.1, 0.15) is 50.9 Å². The molecule has 2 amide bonds. The van der Waals surface area contributed by atoms with Crippen LogP contribution in [-0.2, 0) is 4.79 Å². The fraction of sp³-hybridized carbons (Fsp3) is 0.571. The highest BCUT2D eigenvalue weighted by Crippen LogP contribution is 2.60. The molecular weight excluding hydrogens is 326 g/mol. The molecule has 0 radical (unpaired) electrons. The maximum atomic E-state index is 12.9. The zero-order valence-electron chi connectivity index (χ0n) is 16.2. The second-order valence-electron chi connectivity index (χ2n) is 8.38. The molecule has 1 saturated heterocycles. The molecule has 1 aromatic rings. The van der Waals surface area contributed by atoms with Crippen LogP contribution in [-0.4, -0.2) is 40.8 Å². The van der Waals surface area contributed by atoms with E-state index in [-0.39, 0.29) is 29.2 Å². The number of hydrogen-bond acceptors (Lipinski definition) is 3. The molecule has 0 bridgehead atoms. The smallest absolute Gasteiger partial charge is 0.251 e. The molecule has 1 aliphatic carbocycles. The van der Waals surface area contributed by atoms with E-state index in [4.69, 9.17) is 0 Å². The first-order chi connectivity index (χ1) is 12.3. The van der Waals surface area contributed by atoms with Gasteiger partial charge in [-0.3, -0.25) is 14.6 Å². The van der Waals surface area contributed by atoms with E-state index in [9.17, 15) is 9.59 Å². The van der Waals surface area contributed by atoms with Crippen LogP contribution in [0.15, 0.2) is 36.2 Å². The summed E-state index contributed by atoms with van der Waals surface area (Å²) in [5.41, 5.74) is 1.96. The van der Waals surface area contributed by atoms with Crippen LogP contribution in [0.2, 0.25) is 0 Å². The number of hydrogen-bond donors (Lipinski definition) is 1. The van der Waals surface area contributed by atoms with Crippen molar-refractivity contribution in [2.24, 2.45) is 17.3 Å². The van der Waals surface area contributed by atoms with E-state index in [1.165, 1.54) is 5.57 Å². The Balaban J connectivity index is 1.52. The summed E-state index contributed by atoms with van der Waals surface area (Å²) in [4.78, 5) is 31.1. The predicted molar refractivity (Wildman–Crippen MR) is 101 cm³/mol. The highest BCUT2D eigenvalue weighted by molar-refractivity contribution is 5.94. The standard InChI is InChI=1S/C21H29N3O2/c1-14(2)13-17-18(21(17,3)4)20(26)24-11-7-16(8-12-24)23-19(25)15-5-9-22-10-6-15/h5-6,9-10,13,16-18H,7-8,11-12H2,1-4H3,(H,23,25)/t17-,18-/m0/s1. The summed E-state index contributed by atoms with van der Waals surface area (Å²) in [5.74, 6) is 0.657. The van der Waals surface area contributed by atoms with Crippen molar-refractivity contribution in [1.82, 2.24) is 15.2 Å². The van der Waals surface area contributed by atoms with Gasteiger partial charge in [0, 0.05) is 37.1 Å². The molecule has 2 atom stereocenters. The van der Waals surface area contributed by atoms with E-state index in [1.54, 1.807) is 24.5 Å². The van der Waals surface area contributed by atoms with Crippen LogP contribution >= 0.6 is 0 Å². The van der Waals surface area contributed by atoms with E-state index in [2.05, 4.69) is 44.1 Å². The van der Waals surface area contributed by atoms with Crippen molar-refractivity contribution in [3.63, 3.8) is 0 Å². The molecule has 1 saturated carbocycles. The molecular formula is C21H29N3O2. The maximum Gasteiger partial charge on any atom is 0.251 e. The topological polar surface area (TPSA) is 62.3 Å². The zero-order chi connectivity index (χ0) is 18.9. The molecule has 140 valence electrons. The van der Waals surface area contributed by atoms with Crippen LogP contribution < -0.4 is 5.32 Å². The van der Waals surface area contributed by atoms with Gasteiger partial charge < -0.3 is 10.2 Å². The van der Waals surface area contributed by atoms with E-state index < -0.39 is 0 Å². The van der Waals surface area contributed by atoms with Gasteiger partial charge in [0.05, 0.1) is 5.92 Å². The number of nitrogens with one attached hydrogen (secondary N) is 1. The van der Waals surface area contributed by atoms with E-state index in [1.807, 2.05) is 4.90 Å². The van der Waals surface area contributed by atoms with E-state index >= 15 is 0 Å². The first-order valence-corrected chi connectivity index (χ1v) is 9.45. The molecule has 1 aromatic heterocycles. The number of allylic oxidation sites excluding steroid dienone is 2. The Bertz CT molecular complexity index is 699. The van der Waals surface area contributed by atoms with Crippen LogP contribution in [0.5, 0.6) is 0 Å². The minimum atomic E-state index is -0.0656. The summed E-state index contributed by atoms with van der Waals surface area (Å²) in [5, 5.41) is 3.08. The SMILES string of the molecule is CC(C)=C[C@H]1[C@@H](C(=O)N2CCC(NC(=O)c3ccncc3)CC2)C1(C)C. The summed E-state index contributed by atoms with van der Waals surface area (Å²) in [6.45, 7) is 9.98. The third-order valence-electron chi connectivity index (χ3n) is 5.77. The van der Waals surface area contributed by atoms with Crippen molar-refractivity contribution in [3.8, 4) is 0 Å². The van der Waals surface area contributed by atoms with Gasteiger partial charge >= 0.3 is 0 Å². The molecule has 0 spiro atoms. The molecule has 5 heteroatoms. The largest absolute Gasteiger partial charge is 0.349 e. The number of rotatable bonds is 4. The Hall–Kier alpha value is -2.17. The molecule has 1 aliphatic heterocycles. The van der Waals surface area contributed by atoms with Crippen molar-refractivity contribution in [2.75, 3.05) is 13.1 Å². The molecule has 1 N–H and O–H groups in total.